The number of fused-ring (bicyclic) bond motifs is 2. The van der Waals surface area contributed by atoms with Crippen molar-refractivity contribution >= 4 is 11.4 Å². The Balaban J connectivity index is 0.000000152. The average molecular weight is 733 g/mol. The molecule has 4 heterocycles. The van der Waals surface area contributed by atoms with Crippen molar-refractivity contribution in [1.82, 2.24) is 0 Å². The van der Waals surface area contributed by atoms with Gasteiger partial charge in [-0.25, -0.2) is 0 Å². The van der Waals surface area contributed by atoms with Gasteiger partial charge < -0.3 is 43.4 Å². The molecule has 0 saturated carbocycles. The van der Waals surface area contributed by atoms with Crippen molar-refractivity contribution in [2.24, 2.45) is 0 Å². The van der Waals surface area contributed by atoms with Crippen LogP contribution in [-0.4, -0.2) is 95.3 Å². The summed E-state index contributed by atoms with van der Waals surface area (Å²) in [6.45, 7) is 2.77. The van der Waals surface area contributed by atoms with Crippen LogP contribution in [0.1, 0.15) is 11.1 Å². The molecular weight excluding hydrogens is 692 g/mol. The minimum atomic E-state index is -0.514. The Morgan fingerprint density at radius 1 is 0.566 bits per heavy atom. The third kappa shape index (κ3) is 10.1. The van der Waals surface area contributed by atoms with Crippen LogP contribution in [0, 0.1) is 20.2 Å². The third-order valence-corrected chi connectivity index (χ3v) is 8.95. The van der Waals surface area contributed by atoms with Gasteiger partial charge in [0.05, 0.1) is 49.5 Å². The largest absolute Gasteiger partial charge is 0.508 e. The number of aliphatic hydroxyl groups is 1. The molecule has 2 N–H and O–H groups in total. The summed E-state index contributed by atoms with van der Waals surface area (Å²) >= 11 is 0. The fourth-order valence-electron chi connectivity index (χ4n) is 6.21. The zero-order valence-electron chi connectivity index (χ0n) is 28.5. The molecule has 8 atom stereocenters. The van der Waals surface area contributed by atoms with Crippen molar-refractivity contribution in [3.05, 3.63) is 141 Å². The van der Waals surface area contributed by atoms with Crippen molar-refractivity contribution < 1.29 is 53.2 Å². The van der Waals surface area contributed by atoms with Crippen molar-refractivity contribution in [3.8, 4) is 11.5 Å². The van der Waals surface area contributed by atoms with Crippen LogP contribution in [0.3, 0.4) is 0 Å². The minimum absolute atomic E-state index is 0.0159. The fraction of sp³-hybridized carbons (Fsp3) is 0.368. The van der Waals surface area contributed by atoms with Gasteiger partial charge in [0, 0.05) is 24.3 Å². The number of rotatable bonds is 10. The first-order chi connectivity index (χ1) is 25.7. The van der Waals surface area contributed by atoms with Gasteiger partial charge in [-0.15, -0.1) is 0 Å². The van der Waals surface area contributed by atoms with Crippen LogP contribution in [-0.2, 0) is 41.6 Å². The minimum Gasteiger partial charge on any atom is -0.508 e. The number of ether oxygens (including phenoxy) is 7. The molecule has 15 heteroatoms. The lowest BCUT2D eigenvalue weighted by molar-refractivity contribution is -0.385. The number of nitro groups is 2. The number of non-ortho nitro benzene ring substituents is 2. The molecule has 0 radical (unpaired) electrons. The number of aliphatic hydroxyl groups excluding tert-OH is 1. The second kappa shape index (κ2) is 18.2. The standard InChI is InChI=1S/C19H19NO6.C13H16O4.C6H5NO3/c21-20(22)14-6-8-15(9-7-14)26-17-12-25-18-16(11-24-19(17)18)23-10-13-4-2-1-3-5-13;14-10-7-16-13-11(8-17-12(10)13)15-6-9-4-2-1-3-5-9;8-6-3-1-5(2-4-6)7(9)10/h1-9,16-19H,10-12H2;1-5,10-14H,6-8H2;1-4,8H/t16-,17?,18+,19+;10?,11-,12+,13+;/m00./s1. The van der Waals surface area contributed by atoms with E-state index >= 15 is 0 Å². The van der Waals surface area contributed by atoms with E-state index < -0.39 is 16.0 Å². The molecule has 4 aliphatic heterocycles. The Bertz CT molecular complexity index is 1750. The molecule has 8 rings (SSSR count). The maximum absolute atomic E-state index is 10.7. The van der Waals surface area contributed by atoms with Crippen molar-refractivity contribution in [2.45, 2.75) is 62.0 Å². The molecule has 0 aromatic heterocycles. The number of nitro benzene ring substituents is 2. The number of hydrogen-bond donors (Lipinski definition) is 2. The predicted molar refractivity (Wildman–Crippen MR) is 187 cm³/mol. The Morgan fingerprint density at radius 3 is 1.49 bits per heavy atom. The van der Waals surface area contributed by atoms with Gasteiger partial charge in [-0.05, 0) is 35.4 Å². The van der Waals surface area contributed by atoms with Crippen LogP contribution in [0.4, 0.5) is 11.4 Å². The van der Waals surface area contributed by atoms with Gasteiger partial charge in [-0.2, -0.15) is 0 Å². The molecule has 15 nitrogen and oxygen atoms in total. The molecular formula is C38H40N2O13. The van der Waals surface area contributed by atoms with Crippen LogP contribution in [0.15, 0.2) is 109 Å². The van der Waals surface area contributed by atoms with E-state index in [2.05, 4.69) is 0 Å². The highest BCUT2D eigenvalue weighted by atomic mass is 16.7. The van der Waals surface area contributed by atoms with Gasteiger partial charge in [0.1, 0.15) is 54.2 Å². The lowest BCUT2D eigenvalue weighted by atomic mass is 10.1. The second-order valence-electron chi connectivity index (χ2n) is 12.6. The highest BCUT2D eigenvalue weighted by molar-refractivity contribution is 5.36. The van der Waals surface area contributed by atoms with Crippen LogP contribution in [0.5, 0.6) is 11.5 Å². The number of aromatic hydroxyl groups is 1. The number of benzene rings is 4. The zero-order valence-corrected chi connectivity index (χ0v) is 28.5. The van der Waals surface area contributed by atoms with E-state index in [0.717, 1.165) is 11.1 Å². The lowest BCUT2D eigenvalue weighted by Crippen LogP contribution is -2.35. The van der Waals surface area contributed by atoms with E-state index in [1.165, 1.54) is 36.4 Å². The summed E-state index contributed by atoms with van der Waals surface area (Å²) in [7, 11) is 0. The summed E-state index contributed by atoms with van der Waals surface area (Å²) in [5.74, 6) is 0.590. The van der Waals surface area contributed by atoms with E-state index in [1.54, 1.807) is 12.1 Å². The van der Waals surface area contributed by atoms with Gasteiger partial charge in [0.25, 0.3) is 11.4 Å². The summed E-state index contributed by atoms with van der Waals surface area (Å²) in [4.78, 5) is 19.8. The Labute approximate surface area is 304 Å². The highest BCUT2D eigenvalue weighted by Crippen LogP contribution is 2.32. The van der Waals surface area contributed by atoms with Crippen LogP contribution in [0.2, 0.25) is 0 Å². The lowest BCUT2D eigenvalue weighted by Gasteiger charge is -2.18. The van der Waals surface area contributed by atoms with Crippen molar-refractivity contribution in [2.75, 3.05) is 26.4 Å². The van der Waals surface area contributed by atoms with Crippen molar-refractivity contribution in [3.63, 3.8) is 0 Å². The summed E-state index contributed by atoms with van der Waals surface area (Å²) in [6, 6.07) is 31.0. The third-order valence-electron chi connectivity index (χ3n) is 8.95. The van der Waals surface area contributed by atoms with E-state index in [1.807, 2.05) is 60.7 Å². The van der Waals surface area contributed by atoms with Gasteiger partial charge in [0.15, 0.2) is 6.10 Å². The Kier molecular flexibility index (Phi) is 12.9. The molecule has 2 unspecified atom stereocenters. The fourth-order valence-corrected chi connectivity index (χ4v) is 6.21. The van der Waals surface area contributed by atoms with Crippen LogP contribution < -0.4 is 4.74 Å². The SMILES string of the molecule is O=[N+]([O-])c1ccc(O)cc1.O=[N+]([O-])c1ccc(OC2CO[C@@H]3[C@@H](OCc4ccccc4)CO[C@H]23)cc1.OC1CO[C@@H]2[C@@H](OCc3ccccc3)CO[C@H]12. The van der Waals surface area contributed by atoms with Crippen LogP contribution in [0.25, 0.3) is 0 Å². The molecule has 4 aromatic carbocycles. The monoisotopic (exact) mass is 732 g/mol. The molecule has 4 aliphatic rings. The Morgan fingerprint density at radius 2 is 0.981 bits per heavy atom. The van der Waals surface area contributed by atoms with Gasteiger partial charge in [0.2, 0.25) is 0 Å². The Hall–Kier alpha value is -5.00. The maximum atomic E-state index is 10.7. The molecule has 53 heavy (non-hydrogen) atoms. The molecule has 0 aliphatic carbocycles. The molecule has 4 saturated heterocycles. The number of phenols is 1. The van der Waals surface area contributed by atoms with E-state index in [0.29, 0.717) is 45.4 Å². The number of hydrogen-bond acceptors (Lipinski definition) is 13. The van der Waals surface area contributed by atoms with E-state index in [9.17, 15) is 25.3 Å². The number of nitrogens with zero attached hydrogens (tertiary/aromatic N) is 2. The summed E-state index contributed by atoms with van der Waals surface area (Å²) < 4.78 is 40.3. The quantitative estimate of drug-likeness (QED) is 0.168. The van der Waals surface area contributed by atoms with Gasteiger partial charge in [-0.1, -0.05) is 60.7 Å². The molecule has 0 bridgehead atoms. The van der Waals surface area contributed by atoms with Gasteiger partial charge >= 0.3 is 0 Å². The predicted octanol–water partition coefficient (Wildman–Crippen LogP) is 4.76. The maximum Gasteiger partial charge on any atom is 0.269 e. The summed E-state index contributed by atoms with van der Waals surface area (Å²) in [5, 5.41) is 39.1. The first-order valence-corrected chi connectivity index (χ1v) is 17.0. The molecule has 4 fully saturated rings. The molecule has 0 spiro atoms. The molecule has 280 valence electrons. The topological polar surface area (TPSA) is 191 Å². The van der Waals surface area contributed by atoms with E-state index in [4.69, 9.17) is 38.3 Å². The average Bonchev–Trinajstić information content (AvgIpc) is 3.97. The smallest absolute Gasteiger partial charge is 0.269 e. The first kappa shape index (κ1) is 37.7. The second-order valence-corrected chi connectivity index (χ2v) is 12.6. The molecule has 0 amide bonds. The normalized spacial score (nSPS) is 26.7. The number of phenolic OH excluding ortho intramolecular Hbond substituents is 1. The van der Waals surface area contributed by atoms with Crippen LogP contribution >= 0.6 is 0 Å². The van der Waals surface area contributed by atoms with Crippen molar-refractivity contribution in [1.29, 1.82) is 0 Å². The first-order valence-electron chi connectivity index (χ1n) is 17.0. The van der Waals surface area contributed by atoms with Gasteiger partial charge in [-0.3, -0.25) is 20.2 Å². The van der Waals surface area contributed by atoms with E-state index in [-0.39, 0.29) is 59.9 Å². The highest BCUT2D eigenvalue weighted by Gasteiger charge is 2.50. The summed E-state index contributed by atoms with van der Waals surface area (Å²) in [5.41, 5.74) is 2.25. The summed E-state index contributed by atoms with van der Waals surface area (Å²) in [6.07, 6.45) is -1.67. The molecule has 4 aromatic rings. The zero-order chi connectivity index (χ0) is 37.2.